The molecule has 1 fully saturated rings. The van der Waals surface area contributed by atoms with Crippen molar-refractivity contribution in [1.82, 2.24) is 0 Å². The Morgan fingerprint density at radius 1 is 1.44 bits per heavy atom. The number of hydrogen-bond donors (Lipinski definition) is 1. The van der Waals surface area contributed by atoms with Crippen LogP contribution < -0.4 is 4.90 Å². The Morgan fingerprint density at radius 2 is 2.12 bits per heavy atom. The van der Waals surface area contributed by atoms with Crippen molar-refractivity contribution in [3.05, 3.63) is 28.7 Å². The number of anilines is 1. The normalized spacial score (nSPS) is 20.2. The highest BCUT2D eigenvalue weighted by Gasteiger charge is 2.37. The van der Waals surface area contributed by atoms with Gasteiger partial charge >= 0.3 is 5.97 Å². The number of para-hydroxylation sites is 1. The van der Waals surface area contributed by atoms with Gasteiger partial charge in [0.05, 0.1) is 5.69 Å². The first-order valence-corrected chi connectivity index (χ1v) is 5.70. The molecule has 0 saturated carbocycles. The average molecular weight is 284 g/mol. The summed E-state index contributed by atoms with van der Waals surface area (Å²) in [5, 5.41) is 9.04. The Kier molecular flexibility index (Phi) is 2.96. The zero-order valence-electron chi connectivity index (χ0n) is 8.39. The fraction of sp³-hybridized carbons (Fsp3) is 0.273. The molecule has 4 nitrogen and oxygen atoms in total. The minimum atomic E-state index is -0.957. The molecule has 1 saturated heterocycles. The number of hydrogen-bond acceptors (Lipinski definition) is 2. The molecule has 1 unspecified atom stereocenters. The smallest absolute Gasteiger partial charge is 0.326 e. The van der Waals surface area contributed by atoms with Gasteiger partial charge < -0.3 is 5.11 Å². The van der Waals surface area contributed by atoms with E-state index in [1.165, 1.54) is 4.90 Å². The summed E-state index contributed by atoms with van der Waals surface area (Å²) in [5.74, 6) is -1.10. The minimum Gasteiger partial charge on any atom is -0.480 e. The third-order valence-electron chi connectivity index (χ3n) is 2.61. The van der Waals surface area contributed by atoms with Gasteiger partial charge in [-0.2, -0.15) is 0 Å². The van der Waals surface area contributed by atoms with E-state index in [0.717, 1.165) is 4.47 Å². The van der Waals surface area contributed by atoms with E-state index < -0.39 is 12.0 Å². The molecule has 1 atom stereocenters. The highest BCUT2D eigenvalue weighted by molar-refractivity contribution is 9.10. The Balaban J connectivity index is 2.41. The number of carbonyl (C=O) groups excluding carboxylic acids is 1. The molecular weight excluding hydrogens is 274 g/mol. The molecule has 16 heavy (non-hydrogen) atoms. The van der Waals surface area contributed by atoms with Gasteiger partial charge in [-0.05, 0) is 34.5 Å². The van der Waals surface area contributed by atoms with E-state index in [0.29, 0.717) is 12.1 Å². The zero-order chi connectivity index (χ0) is 11.7. The molecule has 2 rings (SSSR count). The van der Waals surface area contributed by atoms with E-state index in [1.807, 2.05) is 6.07 Å². The summed E-state index contributed by atoms with van der Waals surface area (Å²) in [5.41, 5.74) is 0.623. The lowest BCUT2D eigenvalue weighted by Crippen LogP contribution is -2.38. The van der Waals surface area contributed by atoms with Crippen LogP contribution in [-0.2, 0) is 9.59 Å². The average Bonchev–Trinajstić information content (AvgIpc) is 2.61. The minimum absolute atomic E-state index is 0.140. The topological polar surface area (TPSA) is 57.6 Å². The number of carboxylic acids is 1. The standard InChI is InChI=1S/C11H10BrNO3/c12-7-3-1-2-4-8(7)13-9(11(15)16)5-6-10(13)14/h1-4,9H,5-6H2,(H,15,16). The second-order valence-corrected chi connectivity index (χ2v) is 4.46. The van der Waals surface area contributed by atoms with Crippen molar-refractivity contribution in [2.24, 2.45) is 0 Å². The first kappa shape index (κ1) is 11.1. The SMILES string of the molecule is O=C(O)C1CCC(=O)N1c1ccccc1Br. The van der Waals surface area contributed by atoms with Crippen LogP contribution in [0.25, 0.3) is 0 Å². The van der Waals surface area contributed by atoms with E-state index in [9.17, 15) is 9.59 Å². The predicted octanol–water partition coefficient (Wildman–Crippen LogP) is 2.03. The molecule has 0 aromatic heterocycles. The van der Waals surface area contributed by atoms with Crippen LogP contribution in [0.1, 0.15) is 12.8 Å². The molecule has 5 heteroatoms. The fourth-order valence-corrected chi connectivity index (χ4v) is 2.34. The molecule has 1 N–H and O–H groups in total. The second-order valence-electron chi connectivity index (χ2n) is 3.61. The summed E-state index contributed by atoms with van der Waals surface area (Å²) in [6.45, 7) is 0. The molecule has 1 aromatic rings. The highest BCUT2D eigenvalue weighted by atomic mass is 79.9. The van der Waals surface area contributed by atoms with Crippen molar-refractivity contribution in [1.29, 1.82) is 0 Å². The molecule has 84 valence electrons. The molecule has 0 aliphatic carbocycles. The van der Waals surface area contributed by atoms with E-state index in [4.69, 9.17) is 5.11 Å². The highest BCUT2D eigenvalue weighted by Crippen LogP contribution is 2.32. The summed E-state index contributed by atoms with van der Waals surface area (Å²) >= 11 is 3.32. The van der Waals surface area contributed by atoms with E-state index >= 15 is 0 Å². The predicted molar refractivity (Wildman–Crippen MR) is 62.3 cm³/mol. The van der Waals surface area contributed by atoms with Crippen LogP contribution in [0.5, 0.6) is 0 Å². The third-order valence-corrected chi connectivity index (χ3v) is 3.28. The summed E-state index contributed by atoms with van der Waals surface area (Å²) in [6, 6.07) is 6.39. The first-order valence-electron chi connectivity index (χ1n) is 4.90. The van der Waals surface area contributed by atoms with Gasteiger partial charge in [0, 0.05) is 10.9 Å². The van der Waals surface area contributed by atoms with Gasteiger partial charge in [0.15, 0.2) is 0 Å². The Labute approximate surface area is 101 Å². The molecule has 0 bridgehead atoms. The Hall–Kier alpha value is -1.36. The number of amides is 1. The van der Waals surface area contributed by atoms with E-state index in [1.54, 1.807) is 18.2 Å². The van der Waals surface area contributed by atoms with Crippen LogP contribution in [0.15, 0.2) is 28.7 Å². The number of aliphatic carboxylic acids is 1. The zero-order valence-corrected chi connectivity index (χ0v) is 9.98. The second kappa shape index (κ2) is 4.25. The van der Waals surface area contributed by atoms with Gasteiger partial charge in [0.2, 0.25) is 5.91 Å². The van der Waals surface area contributed by atoms with Gasteiger partial charge in [0.1, 0.15) is 6.04 Å². The number of carboxylic acid groups (broad SMARTS) is 1. The van der Waals surface area contributed by atoms with Gasteiger partial charge in [-0.25, -0.2) is 4.79 Å². The molecule has 1 aliphatic rings. The van der Waals surface area contributed by atoms with Crippen LogP contribution in [0, 0.1) is 0 Å². The van der Waals surface area contributed by atoms with Crippen molar-refractivity contribution in [2.45, 2.75) is 18.9 Å². The lowest BCUT2D eigenvalue weighted by Gasteiger charge is -2.22. The van der Waals surface area contributed by atoms with Crippen molar-refractivity contribution >= 4 is 33.5 Å². The van der Waals surface area contributed by atoms with Crippen molar-refractivity contribution in [3.8, 4) is 0 Å². The Morgan fingerprint density at radius 3 is 2.75 bits per heavy atom. The molecule has 1 heterocycles. The van der Waals surface area contributed by atoms with Crippen LogP contribution in [0.2, 0.25) is 0 Å². The molecular formula is C11H10BrNO3. The van der Waals surface area contributed by atoms with Crippen LogP contribution >= 0.6 is 15.9 Å². The van der Waals surface area contributed by atoms with Crippen LogP contribution in [0.4, 0.5) is 5.69 Å². The molecule has 1 amide bonds. The number of halogens is 1. The number of nitrogens with zero attached hydrogens (tertiary/aromatic N) is 1. The van der Waals surface area contributed by atoms with Gasteiger partial charge in [0.25, 0.3) is 0 Å². The Bertz CT molecular complexity index is 447. The molecule has 0 spiro atoms. The van der Waals surface area contributed by atoms with Gasteiger partial charge in [-0.3, -0.25) is 9.69 Å². The lowest BCUT2D eigenvalue weighted by atomic mass is 10.2. The molecule has 1 aliphatic heterocycles. The summed E-state index contributed by atoms with van der Waals surface area (Å²) in [7, 11) is 0. The number of rotatable bonds is 2. The van der Waals surface area contributed by atoms with Crippen LogP contribution in [0.3, 0.4) is 0 Å². The monoisotopic (exact) mass is 283 g/mol. The summed E-state index contributed by atoms with van der Waals surface area (Å²) < 4.78 is 0.733. The molecule has 1 aromatic carbocycles. The maximum atomic E-state index is 11.7. The lowest BCUT2D eigenvalue weighted by molar-refractivity contribution is -0.138. The van der Waals surface area contributed by atoms with Crippen LogP contribution in [-0.4, -0.2) is 23.0 Å². The largest absolute Gasteiger partial charge is 0.480 e. The molecule has 0 radical (unpaired) electrons. The van der Waals surface area contributed by atoms with E-state index in [-0.39, 0.29) is 12.3 Å². The number of benzene rings is 1. The van der Waals surface area contributed by atoms with Gasteiger partial charge in [-0.15, -0.1) is 0 Å². The van der Waals surface area contributed by atoms with E-state index in [2.05, 4.69) is 15.9 Å². The third kappa shape index (κ3) is 1.82. The maximum Gasteiger partial charge on any atom is 0.326 e. The first-order chi connectivity index (χ1) is 7.61. The fourth-order valence-electron chi connectivity index (χ4n) is 1.87. The maximum absolute atomic E-state index is 11.7. The summed E-state index contributed by atoms with van der Waals surface area (Å²) in [4.78, 5) is 24.1. The van der Waals surface area contributed by atoms with Crippen molar-refractivity contribution < 1.29 is 14.7 Å². The summed E-state index contributed by atoms with van der Waals surface area (Å²) in [6.07, 6.45) is 0.661. The van der Waals surface area contributed by atoms with Crippen molar-refractivity contribution in [2.75, 3.05) is 4.90 Å². The van der Waals surface area contributed by atoms with Gasteiger partial charge in [-0.1, -0.05) is 12.1 Å². The quantitative estimate of drug-likeness (QED) is 0.904. The number of carbonyl (C=O) groups is 2. The van der Waals surface area contributed by atoms with Crippen molar-refractivity contribution in [3.63, 3.8) is 0 Å².